The van der Waals surface area contributed by atoms with Gasteiger partial charge in [0.15, 0.2) is 0 Å². The summed E-state index contributed by atoms with van der Waals surface area (Å²) >= 11 is 1.73. The van der Waals surface area contributed by atoms with Gasteiger partial charge in [-0.05, 0) is 86.6 Å². The number of hydrogen-bond donors (Lipinski definition) is 0. The maximum atomic E-state index is 5.00. The molecule has 3 nitrogen and oxygen atoms in total. The molecule has 0 bridgehead atoms. The van der Waals surface area contributed by atoms with E-state index in [9.17, 15) is 0 Å². The Labute approximate surface area is 253 Å². The van der Waals surface area contributed by atoms with E-state index in [1.807, 2.05) is 36.9 Å². The van der Waals surface area contributed by atoms with Crippen molar-refractivity contribution in [3.05, 3.63) is 152 Å². The highest BCUT2D eigenvalue weighted by Crippen LogP contribution is 2.37. The van der Waals surface area contributed by atoms with E-state index in [4.69, 9.17) is 4.98 Å². The highest BCUT2D eigenvalue weighted by Gasteiger charge is 2.12. The molecule has 4 heteroatoms. The molecule has 0 unspecified atom stereocenters. The van der Waals surface area contributed by atoms with Gasteiger partial charge in [-0.15, -0.1) is 11.3 Å². The minimum Gasteiger partial charge on any atom is -0.264 e. The second-order valence-electron chi connectivity index (χ2n) is 10.6. The lowest BCUT2D eigenvalue weighted by molar-refractivity contribution is 1.32. The summed E-state index contributed by atoms with van der Waals surface area (Å²) in [6.07, 6.45) is 7.44. The zero-order valence-corrected chi connectivity index (χ0v) is 24.0. The van der Waals surface area contributed by atoms with E-state index in [1.165, 1.54) is 26.6 Å². The van der Waals surface area contributed by atoms with E-state index < -0.39 is 0 Å². The molecule has 0 atom stereocenters. The van der Waals surface area contributed by atoms with E-state index in [2.05, 4.69) is 125 Å². The number of pyridine rings is 2. The highest BCUT2D eigenvalue weighted by atomic mass is 32.1. The van der Waals surface area contributed by atoms with Gasteiger partial charge >= 0.3 is 0 Å². The Kier molecular flexibility index (Phi) is 6.32. The molecule has 0 saturated heterocycles. The quantitative estimate of drug-likeness (QED) is 0.208. The number of hydrogen-bond acceptors (Lipinski definition) is 4. The molecule has 0 spiro atoms. The molecule has 0 radical (unpaired) electrons. The van der Waals surface area contributed by atoms with Crippen LogP contribution in [0.1, 0.15) is 0 Å². The van der Waals surface area contributed by atoms with E-state index >= 15 is 0 Å². The Balaban J connectivity index is 1.16. The summed E-state index contributed by atoms with van der Waals surface area (Å²) in [5, 5.41) is 3.55. The lowest BCUT2D eigenvalue weighted by Crippen LogP contribution is -1.87. The van der Waals surface area contributed by atoms with Crippen LogP contribution in [0.5, 0.6) is 0 Å². The molecule has 8 aromatic rings. The van der Waals surface area contributed by atoms with Crippen LogP contribution in [-0.4, -0.2) is 15.0 Å². The molecule has 8 rings (SSSR count). The van der Waals surface area contributed by atoms with Crippen LogP contribution in [0.2, 0.25) is 0 Å². The predicted octanol–water partition coefficient (Wildman–Crippen LogP) is 10.6. The molecular formula is C39H25N3S. The van der Waals surface area contributed by atoms with Gasteiger partial charge in [0, 0.05) is 41.5 Å². The van der Waals surface area contributed by atoms with Crippen molar-refractivity contribution in [3.8, 4) is 55.1 Å². The largest absolute Gasteiger partial charge is 0.264 e. The second-order valence-corrected chi connectivity index (χ2v) is 11.6. The van der Waals surface area contributed by atoms with Gasteiger partial charge in [-0.1, -0.05) is 84.9 Å². The monoisotopic (exact) mass is 567 g/mol. The Hall–Kier alpha value is -5.45. The zero-order chi connectivity index (χ0) is 28.6. The lowest BCUT2D eigenvalue weighted by atomic mass is 9.94. The number of benzene rings is 5. The van der Waals surface area contributed by atoms with Gasteiger partial charge in [0.1, 0.15) is 5.01 Å². The Morgan fingerprint density at radius 1 is 0.442 bits per heavy atom. The summed E-state index contributed by atoms with van der Waals surface area (Å²) in [6, 6.07) is 45.2. The summed E-state index contributed by atoms with van der Waals surface area (Å²) in [5.41, 5.74) is 11.3. The normalized spacial score (nSPS) is 11.3. The summed E-state index contributed by atoms with van der Waals surface area (Å²) in [7, 11) is 0. The van der Waals surface area contributed by atoms with Crippen molar-refractivity contribution >= 4 is 32.3 Å². The minimum atomic E-state index is 1.01. The van der Waals surface area contributed by atoms with Crippen LogP contribution in [0.15, 0.2) is 152 Å². The van der Waals surface area contributed by atoms with Crippen molar-refractivity contribution < 1.29 is 0 Å². The summed E-state index contributed by atoms with van der Waals surface area (Å²) in [5.74, 6) is 0. The lowest BCUT2D eigenvalue weighted by Gasteiger charge is -2.11. The van der Waals surface area contributed by atoms with Gasteiger partial charge < -0.3 is 0 Å². The molecule has 5 aromatic carbocycles. The maximum Gasteiger partial charge on any atom is 0.124 e. The second kappa shape index (κ2) is 10.8. The van der Waals surface area contributed by atoms with E-state index in [0.29, 0.717) is 0 Å². The fourth-order valence-electron chi connectivity index (χ4n) is 5.69. The van der Waals surface area contributed by atoms with Crippen LogP contribution in [0.25, 0.3) is 76.1 Å². The van der Waals surface area contributed by atoms with Crippen LogP contribution < -0.4 is 0 Å². The van der Waals surface area contributed by atoms with Gasteiger partial charge in [0.2, 0.25) is 0 Å². The Morgan fingerprint density at radius 2 is 1.07 bits per heavy atom. The standard InChI is InChI=1S/C39H25N3S/c1-2-10-35-26(6-1)7-3-11-36(35)27-12-14-28(15-13-27)39-42-37-17-16-29(23-38(37)43-39)32-20-33(30-8-4-18-40-24-30)22-34(21-32)31-9-5-19-41-25-31/h1-25H. The first-order valence-corrected chi connectivity index (χ1v) is 15.1. The molecular weight excluding hydrogens is 543 g/mol. The van der Waals surface area contributed by atoms with E-state index in [1.54, 1.807) is 11.3 Å². The SMILES string of the molecule is c1cncc(-c2cc(-c3cccnc3)cc(-c3ccc4nc(-c5ccc(-c6cccc7ccccc67)cc5)sc4c3)c2)c1. The summed E-state index contributed by atoms with van der Waals surface area (Å²) in [4.78, 5) is 13.7. The van der Waals surface area contributed by atoms with Gasteiger partial charge in [0.05, 0.1) is 10.2 Å². The van der Waals surface area contributed by atoms with E-state index in [-0.39, 0.29) is 0 Å². The van der Waals surface area contributed by atoms with Crippen molar-refractivity contribution in [3.63, 3.8) is 0 Å². The first kappa shape index (κ1) is 25.3. The summed E-state index contributed by atoms with van der Waals surface area (Å²) in [6.45, 7) is 0. The molecule has 43 heavy (non-hydrogen) atoms. The molecule has 202 valence electrons. The molecule has 0 aliphatic carbocycles. The zero-order valence-electron chi connectivity index (χ0n) is 23.2. The predicted molar refractivity (Wildman–Crippen MR) is 180 cm³/mol. The van der Waals surface area contributed by atoms with Crippen molar-refractivity contribution in [1.82, 2.24) is 15.0 Å². The number of rotatable bonds is 5. The first-order valence-electron chi connectivity index (χ1n) is 14.2. The van der Waals surface area contributed by atoms with Gasteiger partial charge in [-0.2, -0.15) is 0 Å². The molecule has 0 fully saturated rings. The minimum absolute atomic E-state index is 1.01. The average Bonchev–Trinajstić information content (AvgIpc) is 3.52. The first-order chi connectivity index (χ1) is 21.3. The average molecular weight is 568 g/mol. The number of aromatic nitrogens is 3. The molecule has 3 heterocycles. The topological polar surface area (TPSA) is 38.7 Å². The highest BCUT2D eigenvalue weighted by molar-refractivity contribution is 7.21. The fraction of sp³-hybridized carbons (Fsp3) is 0. The van der Waals surface area contributed by atoms with Crippen LogP contribution in [-0.2, 0) is 0 Å². The molecule has 3 aromatic heterocycles. The van der Waals surface area contributed by atoms with Gasteiger partial charge in [0.25, 0.3) is 0 Å². The van der Waals surface area contributed by atoms with Crippen LogP contribution in [0.3, 0.4) is 0 Å². The van der Waals surface area contributed by atoms with Crippen molar-refractivity contribution in [2.24, 2.45) is 0 Å². The Morgan fingerprint density at radius 3 is 1.77 bits per heavy atom. The molecule has 0 aliphatic heterocycles. The smallest absolute Gasteiger partial charge is 0.124 e. The number of thiazole rings is 1. The van der Waals surface area contributed by atoms with Crippen molar-refractivity contribution in [1.29, 1.82) is 0 Å². The van der Waals surface area contributed by atoms with Crippen LogP contribution in [0, 0.1) is 0 Å². The number of nitrogens with zero attached hydrogens (tertiary/aromatic N) is 3. The molecule has 0 amide bonds. The van der Waals surface area contributed by atoms with Gasteiger partial charge in [-0.25, -0.2) is 4.98 Å². The van der Waals surface area contributed by atoms with Crippen LogP contribution >= 0.6 is 11.3 Å². The molecule has 0 aliphatic rings. The Bertz CT molecular complexity index is 2160. The number of fused-ring (bicyclic) bond motifs is 2. The maximum absolute atomic E-state index is 5.00. The van der Waals surface area contributed by atoms with E-state index in [0.717, 1.165) is 49.5 Å². The van der Waals surface area contributed by atoms with Crippen molar-refractivity contribution in [2.45, 2.75) is 0 Å². The summed E-state index contributed by atoms with van der Waals surface area (Å²) < 4.78 is 1.17. The molecule has 0 N–H and O–H groups in total. The third kappa shape index (κ3) is 4.88. The van der Waals surface area contributed by atoms with Crippen molar-refractivity contribution in [2.75, 3.05) is 0 Å². The molecule has 0 saturated carbocycles. The third-order valence-electron chi connectivity index (χ3n) is 7.88. The van der Waals surface area contributed by atoms with Crippen LogP contribution in [0.4, 0.5) is 0 Å². The van der Waals surface area contributed by atoms with Gasteiger partial charge in [-0.3, -0.25) is 9.97 Å². The third-order valence-corrected chi connectivity index (χ3v) is 8.94. The fourth-order valence-corrected chi connectivity index (χ4v) is 6.70.